The number of thiophene rings is 1. The molecule has 2 rings (SSSR count). The Morgan fingerprint density at radius 1 is 1.43 bits per heavy atom. The van der Waals surface area contributed by atoms with Crippen LogP contribution in [0.25, 0.3) is 0 Å². The first kappa shape index (κ1) is 15.4. The maximum atomic E-state index is 11.0. The van der Waals surface area contributed by atoms with Gasteiger partial charge in [-0.05, 0) is 34.0 Å². The monoisotopic (exact) mass is 307 g/mol. The Morgan fingerprint density at radius 3 is 2.86 bits per heavy atom. The summed E-state index contributed by atoms with van der Waals surface area (Å²) < 4.78 is 0. The molecule has 0 fully saturated rings. The number of nitrogens with zero attached hydrogens (tertiary/aromatic N) is 1. The quantitative estimate of drug-likeness (QED) is 0.540. The molecule has 0 saturated heterocycles. The summed E-state index contributed by atoms with van der Waals surface area (Å²) in [5.41, 5.74) is 2.22. The molecule has 21 heavy (non-hydrogen) atoms. The maximum Gasteiger partial charge on any atom is 0.292 e. The average molecular weight is 307 g/mol. The predicted molar refractivity (Wildman–Crippen MR) is 83.6 cm³/mol. The van der Waals surface area contributed by atoms with Crippen LogP contribution >= 0.6 is 11.3 Å². The normalized spacial score (nSPS) is 12.1. The summed E-state index contributed by atoms with van der Waals surface area (Å²) in [5.74, 6) is 0. The molecule has 0 aliphatic rings. The Bertz CT molecular complexity index is 602. The van der Waals surface area contributed by atoms with Crippen LogP contribution in [0.1, 0.15) is 17.2 Å². The molecule has 2 aromatic rings. The molecule has 0 spiro atoms. The summed E-state index contributed by atoms with van der Waals surface area (Å²) in [4.78, 5) is 10.6. The number of anilines is 1. The molecular weight excluding hydrogens is 290 g/mol. The molecular formula is C14H17N3O3S. The van der Waals surface area contributed by atoms with Crippen molar-refractivity contribution < 1.29 is 10.0 Å². The lowest BCUT2D eigenvalue weighted by atomic mass is 10.1. The van der Waals surface area contributed by atoms with E-state index < -0.39 is 11.0 Å². The number of aliphatic hydroxyl groups excluding tert-OH is 1. The number of nitrogens with one attached hydrogen (secondary N) is 2. The zero-order valence-electron chi connectivity index (χ0n) is 11.6. The molecule has 7 heteroatoms. The highest BCUT2D eigenvalue weighted by molar-refractivity contribution is 7.07. The van der Waals surface area contributed by atoms with Crippen molar-refractivity contribution in [1.82, 2.24) is 5.32 Å². The van der Waals surface area contributed by atoms with Crippen molar-refractivity contribution in [3.63, 3.8) is 0 Å². The first-order valence-electron chi connectivity index (χ1n) is 6.47. The molecule has 6 nitrogen and oxygen atoms in total. The largest absolute Gasteiger partial charge is 0.387 e. The maximum absolute atomic E-state index is 11.0. The van der Waals surface area contributed by atoms with Crippen molar-refractivity contribution in [2.24, 2.45) is 0 Å². The van der Waals surface area contributed by atoms with Gasteiger partial charge >= 0.3 is 0 Å². The topological polar surface area (TPSA) is 87.4 Å². The Labute approximate surface area is 126 Å². The predicted octanol–water partition coefficient (Wildman–Crippen LogP) is 2.52. The molecule has 1 aromatic carbocycles. The number of nitro groups is 1. The molecule has 0 radical (unpaired) electrons. The molecule has 1 heterocycles. The summed E-state index contributed by atoms with van der Waals surface area (Å²) in [6.07, 6.45) is -0.567. The molecule has 3 N–H and O–H groups in total. The SMILES string of the molecule is CNc1ccc(CNCC(O)c2ccsc2)cc1[N+](=O)[O-]. The fourth-order valence-corrected chi connectivity index (χ4v) is 2.69. The van der Waals surface area contributed by atoms with Gasteiger partial charge in [-0.1, -0.05) is 6.07 Å². The van der Waals surface area contributed by atoms with E-state index in [1.54, 1.807) is 13.1 Å². The lowest BCUT2D eigenvalue weighted by molar-refractivity contribution is -0.384. The van der Waals surface area contributed by atoms with E-state index >= 15 is 0 Å². The van der Waals surface area contributed by atoms with Crippen molar-refractivity contribution in [2.75, 3.05) is 18.9 Å². The molecule has 1 unspecified atom stereocenters. The Kier molecular flexibility index (Phi) is 5.26. The van der Waals surface area contributed by atoms with Gasteiger partial charge in [0.05, 0.1) is 11.0 Å². The second kappa shape index (κ2) is 7.16. The number of rotatable bonds is 7. The summed E-state index contributed by atoms with van der Waals surface area (Å²) in [6, 6.07) is 6.92. The first-order valence-corrected chi connectivity index (χ1v) is 7.42. The minimum absolute atomic E-state index is 0.0511. The molecule has 1 atom stereocenters. The van der Waals surface area contributed by atoms with Gasteiger partial charge in [-0.2, -0.15) is 11.3 Å². The second-order valence-electron chi connectivity index (χ2n) is 4.56. The third-order valence-electron chi connectivity index (χ3n) is 3.12. The third kappa shape index (κ3) is 4.01. The molecule has 0 bridgehead atoms. The number of nitro benzene ring substituents is 1. The van der Waals surface area contributed by atoms with Crippen LogP contribution in [0.3, 0.4) is 0 Å². The molecule has 0 aliphatic heterocycles. The lowest BCUT2D eigenvalue weighted by Crippen LogP contribution is -2.20. The van der Waals surface area contributed by atoms with Crippen LogP contribution in [-0.2, 0) is 6.54 Å². The molecule has 0 amide bonds. The smallest absolute Gasteiger partial charge is 0.292 e. The van der Waals surface area contributed by atoms with Crippen molar-refractivity contribution in [2.45, 2.75) is 12.6 Å². The van der Waals surface area contributed by atoms with Crippen molar-refractivity contribution >= 4 is 22.7 Å². The minimum atomic E-state index is -0.567. The van der Waals surface area contributed by atoms with Gasteiger partial charge in [-0.3, -0.25) is 10.1 Å². The molecule has 112 valence electrons. The zero-order chi connectivity index (χ0) is 15.2. The van der Waals surface area contributed by atoms with Crippen LogP contribution in [0, 0.1) is 10.1 Å². The van der Waals surface area contributed by atoms with Crippen LogP contribution in [0.15, 0.2) is 35.0 Å². The van der Waals surface area contributed by atoms with Gasteiger partial charge in [0.15, 0.2) is 0 Å². The fraction of sp³-hybridized carbons (Fsp3) is 0.286. The molecule has 0 saturated carbocycles. The minimum Gasteiger partial charge on any atom is -0.387 e. The fourth-order valence-electron chi connectivity index (χ4n) is 1.99. The van der Waals surface area contributed by atoms with Gasteiger partial charge < -0.3 is 15.7 Å². The summed E-state index contributed by atoms with van der Waals surface area (Å²) in [6.45, 7) is 0.865. The van der Waals surface area contributed by atoms with Crippen molar-refractivity contribution in [1.29, 1.82) is 0 Å². The highest BCUT2D eigenvalue weighted by Crippen LogP contribution is 2.25. The molecule has 1 aromatic heterocycles. The van der Waals surface area contributed by atoms with Crippen LogP contribution in [-0.4, -0.2) is 23.6 Å². The van der Waals surface area contributed by atoms with Gasteiger partial charge in [-0.15, -0.1) is 0 Å². The number of hydrogen-bond acceptors (Lipinski definition) is 6. The Balaban J connectivity index is 1.94. The van der Waals surface area contributed by atoms with Crippen LogP contribution in [0.2, 0.25) is 0 Å². The number of hydrogen-bond donors (Lipinski definition) is 3. The number of benzene rings is 1. The van der Waals surface area contributed by atoms with E-state index in [0.29, 0.717) is 18.8 Å². The first-order chi connectivity index (χ1) is 10.1. The van der Waals surface area contributed by atoms with Gasteiger partial charge in [-0.25, -0.2) is 0 Å². The lowest BCUT2D eigenvalue weighted by Gasteiger charge is -2.11. The number of aliphatic hydroxyl groups is 1. The van der Waals surface area contributed by atoms with Crippen LogP contribution in [0.4, 0.5) is 11.4 Å². The van der Waals surface area contributed by atoms with E-state index in [1.165, 1.54) is 17.4 Å². The highest BCUT2D eigenvalue weighted by atomic mass is 32.1. The van der Waals surface area contributed by atoms with E-state index in [2.05, 4.69) is 10.6 Å². The van der Waals surface area contributed by atoms with Crippen molar-refractivity contribution in [3.05, 3.63) is 56.3 Å². The standard InChI is InChI=1S/C14H17N3O3S/c1-15-12-3-2-10(6-13(12)17(19)20)7-16-8-14(18)11-4-5-21-9-11/h2-6,9,14-16,18H,7-8H2,1H3. The second-order valence-corrected chi connectivity index (χ2v) is 5.34. The van der Waals surface area contributed by atoms with E-state index in [4.69, 9.17) is 0 Å². The summed E-state index contributed by atoms with van der Waals surface area (Å²) >= 11 is 1.54. The Hall–Kier alpha value is -1.96. The van der Waals surface area contributed by atoms with E-state index in [9.17, 15) is 15.2 Å². The zero-order valence-corrected chi connectivity index (χ0v) is 12.4. The van der Waals surface area contributed by atoms with Gasteiger partial charge in [0, 0.05) is 26.2 Å². The van der Waals surface area contributed by atoms with Crippen molar-refractivity contribution in [3.8, 4) is 0 Å². The molecule has 0 aliphatic carbocycles. The van der Waals surface area contributed by atoms with Gasteiger partial charge in [0.1, 0.15) is 5.69 Å². The summed E-state index contributed by atoms with van der Waals surface area (Å²) in [7, 11) is 1.65. The van der Waals surface area contributed by atoms with Gasteiger partial charge in [0.25, 0.3) is 5.69 Å². The third-order valence-corrected chi connectivity index (χ3v) is 3.82. The summed E-state index contributed by atoms with van der Waals surface area (Å²) in [5, 5.41) is 30.6. The van der Waals surface area contributed by atoms with E-state index in [0.717, 1.165) is 11.1 Å². The average Bonchev–Trinajstić information content (AvgIpc) is 3.01. The van der Waals surface area contributed by atoms with E-state index in [-0.39, 0.29) is 5.69 Å². The van der Waals surface area contributed by atoms with Gasteiger partial charge in [0.2, 0.25) is 0 Å². The van der Waals surface area contributed by atoms with E-state index in [1.807, 2.05) is 22.9 Å². The highest BCUT2D eigenvalue weighted by Gasteiger charge is 2.13. The Morgan fingerprint density at radius 2 is 2.24 bits per heavy atom. The van der Waals surface area contributed by atoms with Crippen LogP contribution in [0.5, 0.6) is 0 Å². The van der Waals surface area contributed by atoms with Crippen LogP contribution < -0.4 is 10.6 Å².